The van der Waals surface area contributed by atoms with E-state index >= 15 is 0 Å². The molecule has 32 heavy (non-hydrogen) atoms. The van der Waals surface area contributed by atoms with E-state index in [9.17, 15) is 14.5 Å². The number of benzene rings is 1. The number of ether oxygens (including phenoxy) is 1. The highest BCUT2D eigenvalue weighted by molar-refractivity contribution is 7.15. The van der Waals surface area contributed by atoms with E-state index in [1.54, 1.807) is 28.0 Å². The first-order valence-corrected chi connectivity index (χ1v) is 11.5. The van der Waals surface area contributed by atoms with E-state index in [2.05, 4.69) is 17.2 Å². The summed E-state index contributed by atoms with van der Waals surface area (Å²) in [5.74, 6) is -0.423. The zero-order valence-corrected chi connectivity index (χ0v) is 18.7. The SMILES string of the molecule is CC1NC(CCC[C@@]2(C)Cn3cc([N+](=O)[O-])nc3O2)Cc2nc(-c3ccc(F)cc3)sc21. The second kappa shape index (κ2) is 7.93. The first kappa shape index (κ1) is 21.0. The third kappa shape index (κ3) is 4.00. The molecule has 0 radical (unpaired) electrons. The van der Waals surface area contributed by atoms with Gasteiger partial charge in [0.2, 0.25) is 0 Å². The summed E-state index contributed by atoms with van der Waals surface area (Å²) in [5.41, 5.74) is 1.67. The first-order chi connectivity index (χ1) is 15.3. The summed E-state index contributed by atoms with van der Waals surface area (Å²) in [6.45, 7) is 4.75. The van der Waals surface area contributed by atoms with Crippen molar-refractivity contribution in [2.24, 2.45) is 0 Å². The van der Waals surface area contributed by atoms with Crippen LogP contribution in [0.25, 0.3) is 10.6 Å². The Bertz CT molecular complexity index is 1140. The van der Waals surface area contributed by atoms with Crippen molar-refractivity contribution in [1.29, 1.82) is 0 Å². The molecule has 2 aliphatic rings. The molecule has 0 fully saturated rings. The predicted octanol–water partition coefficient (Wildman–Crippen LogP) is 4.65. The third-order valence-corrected chi connectivity index (χ3v) is 7.48. The molecule has 2 aliphatic heterocycles. The molecule has 5 rings (SSSR count). The van der Waals surface area contributed by atoms with E-state index in [0.29, 0.717) is 18.6 Å². The van der Waals surface area contributed by atoms with Crippen LogP contribution in [0.3, 0.4) is 0 Å². The van der Waals surface area contributed by atoms with Gasteiger partial charge in [-0.05, 0) is 62.3 Å². The molecule has 4 heterocycles. The first-order valence-electron chi connectivity index (χ1n) is 10.7. The molecule has 3 atom stereocenters. The molecule has 8 nitrogen and oxygen atoms in total. The lowest BCUT2D eigenvalue weighted by molar-refractivity contribution is -0.389. The van der Waals surface area contributed by atoms with Crippen LogP contribution >= 0.6 is 11.3 Å². The summed E-state index contributed by atoms with van der Waals surface area (Å²) >= 11 is 1.67. The Hall–Kier alpha value is -2.85. The van der Waals surface area contributed by atoms with Crippen molar-refractivity contribution in [3.05, 3.63) is 57.0 Å². The summed E-state index contributed by atoms with van der Waals surface area (Å²) in [5, 5.41) is 15.5. The Morgan fingerprint density at radius 3 is 2.88 bits per heavy atom. The standard InChI is InChI=1S/C22H24FN5O3S/c1-13-19-17(25-20(32-19)14-5-7-15(23)8-6-14)10-16(24-13)4-3-9-22(2)12-27-11-18(28(29)30)26-21(27)31-22/h5-8,11,13,16,24H,3-4,9-10,12H2,1-2H3/t13?,16?,22-/m0/s1. The lowest BCUT2D eigenvalue weighted by atomic mass is 9.93. The van der Waals surface area contributed by atoms with Gasteiger partial charge in [-0.1, -0.05) is 0 Å². The Morgan fingerprint density at radius 2 is 2.16 bits per heavy atom. The zero-order chi connectivity index (χ0) is 22.5. The van der Waals surface area contributed by atoms with Gasteiger partial charge >= 0.3 is 11.8 Å². The van der Waals surface area contributed by atoms with Crippen LogP contribution in [0.1, 0.15) is 49.7 Å². The van der Waals surface area contributed by atoms with E-state index in [0.717, 1.165) is 41.9 Å². The average Bonchev–Trinajstić information content (AvgIpc) is 3.40. The molecule has 0 spiro atoms. The maximum Gasteiger partial charge on any atom is 0.414 e. The van der Waals surface area contributed by atoms with Crippen molar-refractivity contribution < 1.29 is 14.1 Å². The number of imidazole rings is 1. The van der Waals surface area contributed by atoms with Crippen molar-refractivity contribution >= 4 is 17.2 Å². The van der Waals surface area contributed by atoms with E-state index in [1.807, 2.05) is 6.92 Å². The quantitative estimate of drug-likeness (QED) is 0.428. The maximum absolute atomic E-state index is 13.2. The number of hydrogen-bond acceptors (Lipinski definition) is 7. The normalized spacial score (nSPS) is 24.1. The lowest BCUT2D eigenvalue weighted by Gasteiger charge is -2.29. The molecule has 2 aromatic heterocycles. The Kier molecular flexibility index (Phi) is 5.21. The highest BCUT2D eigenvalue weighted by Gasteiger charge is 2.40. The molecule has 1 N–H and O–H groups in total. The summed E-state index contributed by atoms with van der Waals surface area (Å²) < 4.78 is 20.9. The Morgan fingerprint density at radius 1 is 1.38 bits per heavy atom. The minimum atomic E-state index is -0.504. The molecular weight excluding hydrogens is 433 g/mol. The van der Waals surface area contributed by atoms with Crippen molar-refractivity contribution in [2.45, 2.75) is 63.8 Å². The molecule has 0 saturated heterocycles. The largest absolute Gasteiger partial charge is 0.438 e. The number of nitrogens with one attached hydrogen (secondary N) is 1. The van der Waals surface area contributed by atoms with E-state index in [4.69, 9.17) is 9.72 Å². The number of nitro groups is 1. The topological polar surface area (TPSA) is 95.1 Å². The summed E-state index contributed by atoms with van der Waals surface area (Å²) in [6.07, 6.45) is 5.07. The van der Waals surface area contributed by atoms with Crippen molar-refractivity contribution in [2.75, 3.05) is 0 Å². The van der Waals surface area contributed by atoms with Crippen LogP contribution in [0.5, 0.6) is 6.01 Å². The third-order valence-electron chi connectivity index (χ3n) is 6.15. The van der Waals surface area contributed by atoms with Crippen LogP contribution in [0.15, 0.2) is 30.5 Å². The molecular formula is C22H24FN5O3S. The molecule has 0 bridgehead atoms. The summed E-state index contributed by atoms with van der Waals surface area (Å²) in [6, 6.07) is 7.35. The molecule has 168 valence electrons. The number of fused-ring (bicyclic) bond motifs is 2. The van der Waals surface area contributed by atoms with E-state index < -0.39 is 10.5 Å². The molecule has 0 saturated carbocycles. The minimum Gasteiger partial charge on any atom is -0.438 e. The van der Waals surface area contributed by atoms with Gasteiger partial charge in [0, 0.05) is 33.9 Å². The Labute approximate surface area is 188 Å². The number of nitrogens with zero attached hydrogens (tertiary/aromatic N) is 4. The molecule has 2 unspecified atom stereocenters. The molecule has 10 heteroatoms. The maximum atomic E-state index is 13.2. The monoisotopic (exact) mass is 457 g/mol. The van der Waals surface area contributed by atoms with Crippen LogP contribution in [-0.2, 0) is 13.0 Å². The lowest BCUT2D eigenvalue weighted by Crippen LogP contribution is -2.38. The highest BCUT2D eigenvalue weighted by Crippen LogP contribution is 2.37. The van der Waals surface area contributed by atoms with Crippen LogP contribution < -0.4 is 10.1 Å². The van der Waals surface area contributed by atoms with E-state index in [-0.39, 0.29) is 17.7 Å². The van der Waals surface area contributed by atoms with Crippen LogP contribution in [-0.4, -0.2) is 31.1 Å². The van der Waals surface area contributed by atoms with Crippen LogP contribution in [0.4, 0.5) is 10.2 Å². The minimum absolute atomic E-state index is 0.179. The van der Waals surface area contributed by atoms with Gasteiger partial charge < -0.3 is 20.2 Å². The van der Waals surface area contributed by atoms with Gasteiger partial charge in [-0.25, -0.2) is 9.37 Å². The van der Waals surface area contributed by atoms with Gasteiger partial charge in [-0.15, -0.1) is 11.3 Å². The fourth-order valence-electron chi connectivity index (χ4n) is 4.60. The van der Waals surface area contributed by atoms with Crippen LogP contribution in [0, 0.1) is 15.9 Å². The van der Waals surface area contributed by atoms with Gasteiger partial charge in [0.25, 0.3) is 0 Å². The van der Waals surface area contributed by atoms with Crippen molar-refractivity contribution in [3.8, 4) is 16.6 Å². The van der Waals surface area contributed by atoms with Gasteiger partial charge in [0.05, 0.1) is 12.2 Å². The van der Waals surface area contributed by atoms with Gasteiger partial charge in [-0.3, -0.25) is 4.57 Å². The highest BCUT2D eigenvalue weighted by atomic mass is 32.1. The second-order valence-electron chi connectivity index (χ2n) is 8.84. The number of halogens is 1. The smallest absolute Gasteiger partial charge is 0.414 e. The Balaban J connectivity index is 1.18. The van der Waals surface area contributed by atoms with Crippen molar-refractivity contribution in [1.82, 2.24) is 19.9 Å². The summed E-state index contributed by atoms with van der Waals surface area (Å²) in [4.78, 5) is 20.4. The van der Waals surface area contributed by atoms with Gasteiger partial charge in [-0.2, -0.15) is 0 Å². The predicted molar refractivity (Wildman–Crippen MR) is 118 cm³/mol. The van der Waals surface area contributed by atoms with Crippen LogP contribution in [0.2, 0.25) is 0 Å². The number of rotatable bonds is 6. The molecule has 0 amide bonds. The fourth-order valence-corrected chi connectivity index (χ4v) is 5.71. The second-order valence-corrected chi connectivity index (χ2v) is 9.87. The van der Waals surface area contributed by atoms with E-state index in [1.165, 1.54) is 23.2 Å². The van der Waals surface area contributed by atoms with Gasteiger partial charge in [0.1, 0.15) is 22.6 Å². The number of hydrogen-bond donors (Lipinski definition) is 1. The summed E-state index contributed by atoms with van der Waals surface area (Å²) in [7, 11) is 0. The molecule has 0 aliphatic carbocycles. The molecule has 1 aromatic carbocycles. The fraction of sp³-hybridized carbons (Fsp3) is 0.455. The average molecular weight is 458 g/mol. The van der Waals surface area contributed by atoms with Crippen molar-refractivity contribution in [3.63, 3.8) is 0 Å². The number of thiazole rings is 1. The molecule has 3 aromatic rings. The number of aromatic nitrogens is 3. The zero-order valence-electron chi connectivity index (χ0n) is 17.9. The van der Waals surface area contributed by atoms with Gasteiger partial charge in [0.15, 0.2) is 0 Å².